The number of hydrogen-bond donors (Lipinski definition) is 3. The average Bonchev–Trinajstić information content (AvgIpc) is 3.23. The summed E-state index contributed by atoms with van der Waals surface area (Å²) in [6, 6.07) is 12.9. The lowest BCUT2D eigenvalue weighted by Crippen LogP contribution is -2.38. The Morgan fingerprint density at radius 3 is 2.97 bits per heavy atom. The Labute approximate surface area is 197 Å². The molecule has 178 valence electrons. The van der Waals surface area contributed by atoms with E-state index in [-0.39, 0.29) is 5.75 Å². The first-order chi connectivity index (χ1) is 16.6. The fourth-order valence-electron chi connectivity index (χ4n) is 3.99. The van der Waals surface area contributed by atoms with E-state index in [0.717, 1.165) is 55.5 Å². The Balaban J connectivity index is 1.16. The molecule has 2 aliphatic heterocycles. The van der Waals surface area contributed by atoms with Gasteiger partial charge in [-0.25, -0.2) is 9.38 Å². The van der Waals surface area contributed by atoms with Crippen LogP contribution in [0.2, 0.25) is 0 Å². The number of ether oxygens (including phenoxy) is 3. The van der Waals surface area contributed by atoms with E-state index < -0.39 is 12.1 Å². The summed E-state index contributed by atoms with van der Waals surface area (Å²) >= 11 is 0. The predicted molar refractivity (Wildman–Crippen MR) is 130 cm³/mol. The Morgan fingerprint density at radius 1 is 1.21 bits per heavy atom. The van der Waals surface area contributed by atoms with Gasteiger partial charge in [0.2, 0.25) is 0 Å². The van der Waals surface area contributed by atoms with Crippen LogP contribution >= 0.6 is 0 Å². The molecule has 0 amide bonds. The maximum Gasteiger partial charge on any atom is 0.198 e. The summed E-state index contributed by atoms with van der Waals surface area (Å²) in [5.74, 6) is 0.923. The number of nitrogens with one attached hydrogen (secondary N) is 3. The van der Waals surface area contributed by atoms with Crippen molar-refractivity contribution in [3.8, 4) is 11.5 Å². The summed E-state index contributed by atoms with van der Waals surface area (Å²) < 4.78 is 32.0. The fraction of sp³-hybridized carbons (Fsp3) is 0.320. The summed E-state index contributed by atoms with van der Waals surface area (Å²) in [5.41, 5.74) is 2.47. The lowest BCUT2D eigenvalue weighted by atomic mass is 10.2. The summed E-state index contributed by atoms with van der Waals surface area (Å²) in [6.07, 6.45) is 2.82. The molecular formula is C25H28FN5O3. The highest BCUT2D eigenvalue weighted by atomic mass is 19.1. The quantitative estimate of drug-likeness (QED) is 0.472. The van der Waals surface area contributed by atoms with Crippen molar-refractivity contribution >= 4 is 22.8 Å². The number of hydrogen-bond acceptors (Lipinski definition) is 7. The molecule has 0 aliphatic carbocycles. The maximum absolute atomic E-state index is 14.9. The molecule has 0 spiro atoms. The number of anilines is 1. The fourth-order valence-corrected chi connectivity index (χ4v) is 3.99. The van der Waals surface area contributed by atoms with Gasteiger partial charge in [-0.3, -0.25) is 4.90 Å². The van der Waals surface area contributed by atoms with Gasteiger partial charge < -0.3 is 29.8 Å². The van der Waals surface area contributed by atoms with Crippen LogP contribution in [0, 0.1) is 12.7 Å². The number of fused-ring (bicyclic) bond motifs is 1. The molecule has 2 aliphatic rings. The number of aryl methyl sites for hydroxylation is 1. The van der Waals surface area contributed by atoms with Crippen LogP contribution in [-0.2, 0) is 4.74 Å². The third kappa shape index (κ3) is 5.32. The van der Waals surface area contributed by atoms with Gasteiger partial charge in [-0.15, -0.1) is 0 Å². The number of aromatic nitrogens is 1. The minimum absolute atomic E-state index is 0.148. The van der Waals surface area contributed by atoms with Gasteiger partial charge in [0.25, 0.3) is 0 Å². The molecule has 2 aromatic carbocycles. The molecule has 34 heavy (non-hydrogen) atoms. The molecule has 1 fully saturated rings. The Bertz CT molecular complexity index is 1200. The molecule has 1 atom stereocenters. The third-order valence-electron chi connectivity index (χ3n) is 5.71. The number of benzene rings is 2. The van der Waals surface area contributed by atoms with E-state index in [1.165, 1.54) is 0 Å². The number of aromatic amines is 1. The normalized spacial score (nSPS) is 18.4. The number of rotatable bonds is 8. The smallest absolute Gasteiger partial charge is 0.198 e. The Morgan fingerprint density at radius 2 is 2.09 bits per heavy atom. The highest BCUT2D eigenvalue weighted by Crippen LogP contribution is 2.28. The molecule has 1 unspecified atom stereocenters. The number of allylic oxidation sites excluding steroid dienone is 1. The zero-order valence-corrected chi connectivity index (χ0v) is 19.0. The van der Waals surface area contributed by atoms with Crippen LogP contribution in [0.25, 0.3) is 10.9 Å². The van der Waals surface area contributed by atoms with Crippen molar-refractivity contribution < 1.29 is 18.6 Å². The average molecular weight is 466 g/mol. The molecule has 3 heterocycles. The number of nitrogens with zero attached hydrogens (tertiary/aromatic N) is 2. The minimum Gasteiger partial charge on any atom is -0.492 e. The summed E-state index contributed by atoms with van der Waals surface area (Å²) in [6.45, 7) is 6.81. The Hall–Kier alpha value is -3.56. The third-order valence-corrected chi connectivity index (χ3v) is 5.71. The first-order valence-electron chi connectivity index (χ1n) is 11.4. The van der Waals surface area contributed by atoms with E-state index in [1.54, 1.807) is 30.5 Å². The van der Waals surface area contributed by atoms with Crippen LogP contribution in [0.1, 0.15) is 5.69 Å². The number of morpholine rings is 1. The molecule has 0 bridgehead atoms. The summed E-state index contributed by atoms with van der Waals surface area (Å²) in [7, 11) is 0. The summed E-state index contributed by atoms with van der Waals surface area (Å²) in [5, 5.41) is 6.92. The Kier molecular flexibility index (Phi) is 6.64. The molecule has 8 nitrogen and oxygen atoms in total. The highest BCUT2D eigenvalue weighted by Gasteiger charge is 2.16. The SMILES string of the molecule is Cc1cc2c(F)c(OC3=CC=NC(Nc4cccc(OCCN5CCOCC5)c4)N3)ccc2[nH]1. The van der Waals surface area contributed by atoms with Gasteiger partial charge in [0.1, 0.15) is 12.4 Å². The largest absolute Gasteiger partial charge is 0.492 e. The highest BCUT2D eigenvalue weighted by molar-refractivity contribution is 5.83. The topological polar surface area (TPSA) is 83.1 Å². The van der Waals surface area contributed by atoms with E-state index >= 15 is 0 Å². The number of aliphatic imine (C=N–C) groups is 1. The molecule has 0 saturated carbocycles. The van der Waals surface area contributed by atoms with Crippen molar-refractivity contribution in [2.45, 2.75) is 13.2 Å². The minimum atomic E-state index is -0.468. The van der Waals surface area contributed by atoms with Crippen molar-refractivity contribution in [1.82, 2.24) is 15.2 Å². The van der Waals surface area contributed by atoms with Crippen molar-refractivity contribution in [1.29, 1.82) is 0 Å². The molecule has 3 N–H and O–H groups in total. The van der Waals surface area contributed by atoms with Crippen LogP contribution in [0.5, 0.6) is 11.5 Å². The second-order valence-corrected chi connectivity index (χ2v) is 8.24. The predicted octanol–water partition coefficient (Wildman–Crippen LogP) is 3.62. The van der Waals surface area contributed by atoms with Crippen molar-refractivity contribution in [2.75, 3.05) is 44.8 Å². The molecule has 1 saturated heterocycles. The zero-order valence-electron chi connectivity index (χ0n) is 19.0. The maximum atomic E-state index is 14.9. The van der Waals surface area contributed by atoms with Crippen molar-refractivity contribution in [2.24, 2.45) is 4.99 Å². The molecule has 3 aromatic rings. The van der Waals surface area contributed by atoms with E-state index in [1.807, 2.05) is 31.2 Å². The monoisotopic (exact) mass is 465 g/mol. The zero-order chi connectivity index (χ0) is 23.3. The molecule has 1 aromatic heterocycles. The van der Waals surface area contributed by atoms with Gasteiger partial charge in [0.05, 0.1) is 13.2 Å². The van der Waals surface area contributed by atoms with Gasteiger partial charge >= 0.3 is 0 Å². The van der Waals surface area contributed by atoms with Gasteiger partial charge in [0, 0.05) is 60.3 Å². The van der Waals surface area contributed by atoms with Gasteiger partial charge in [0.15, 0.2) is 23.7 Å². The molecule has 9 heteroatoms. The van der Waals surface area contributed by atoms with E-state index in [9.17, 15) is 4.39 Å². The first kappa shape index (κ1) is 22.2. The van der Waals surface area contributed by atoms with Crippen molar-refractivity contribution in [3.63, 3.8) is 0 Å². The van der Waals surface area contributed by atoms with Crippen LogP contribution in [0.15, 0.2) is 59.4 Å². The second kappa shape index (κ2) is 10.1. The molecule has 5 rings (SSSR count). The van der Waals surface area contributed by atoms with E-state index in [0.29, 0.717) is 17.9 Å². The molecule has 0 radical (unpaired) electrons. The van der Waals surface area contributed by atoms with Crippen LogP contribution in [0.3, 0.4) is 0 Å². The van der Waals surface area contributed by atoms with Crippen LogP contribution in [-0.4, -0.2) is 61.8 Å². The van der Waals surface area contributed by atoms with Crippen LogP contribution < -0.4 is 20.1 Å². The lowest BCUT2D eigenvalue weighted by molar-refractivity contribution is 0.0322. The van der Waals surface area contributed by atoms with Gasteiger partial charge in [-0.1, -0.05) is 6.07 Å². The van der Waals surface area contributed by atoms with Crippen molar-refractivity contribution in [3.05, 3.63) is 65.9 Å². The standard InChI is InChI=1S/C25H28FN5O3/c1-17-15-20-21(28-17)5-6-22(24(20)26)34-23-7-8-27-25(30-23)29-18-3-2-4-19(16-18)33-14-11-31-9-12-32-13-10-31/h2-8,15-16,25,28-30H,9-14H2,1H3. The van der Waals surface area contributed by atoms with Gasteiger partial charge in [-0.05, 0) is 37.3 Å². The lowest BCUT2D eigenvalue weighted by Gasteiger charge is -2.26. The first-order valence-corrected chi connectivity index (χ1v) is 11.4. The second-order valence-electron chi connectivity index (χ2n) is 8.24. The van der Waals surface area contributed by atoms with E-state index in [2.05, 4.69) is 25.5 Å². The van der Waals surface area contributed by atoms with E-state index in [4.69, 9.17) is 14.2 Å². The summed E-state index contributed by atoms with van der Waals surface area (Å²) in [4.78, 5) is 9.84. The number of H-pyrrole nitrogens is 1. The molecular weight excluding hydrogens is 437 g/mol. The number of halogens is 1. The van der Waals surface area contributed by atoms with Crippen LogP contribution in [0.4, 0.5) is 10.1 Å². The van der Waals surface area contributed by atoms with Gasteiger partial charge in [-0.2, -0.15) is 0 Å².